The summed E-state index contributed by atoms with van der Waals surface area (Å²) in [6.07, 6.45) is 1.24. The Balaban J connectivity index is 0.000000408. The molecule has 2 aromatic rings. The zero-order valence-corrected chi connectivity index (χ0v) is 17.4. The van der Waals surface area contributed by atoms with E-state index in [0.717, 1.165) is 12.8 Å². The molecule has 0 saturated carbocycles. The molecule has 29 heavy (non-hydrogen) atoms. The van der Waals surface area contributed by atoms with E-state index in [4.69, 9.17) is 10.2 Å². The normalized spacial score (nSPS) is 11.4. The van der Waals surface area contributed by atoms with Crippen LogP contribution in [0.15, 0.2) is 60.7 Å². The van der Waals surface area contributed by atoms with Crippen molar-refractivity contribution < 1.29 is 30.0 Å². The second-order valence-corrected chi connectivity index (χ2v) is 7.02. The molecule has 0 aliphatic carbocycles. The molecule has 0 aliphatic heterocycles. The van der Waals surface area contributed by atoms with E-state index in [-0.39, 0.29) is 5.92 Å². The number of benzene rings is 2. The van der Waals surface area contributed by atoms with Crippen LogP contribution in [-0.4, -0.2) is 44.1 Å². The standard InChI is InChI=1S/C9H20O2.2C7H6O2/c1-5-7(6-2)8(10)9(3,4)11;2*8-7(9)6-4-2-1-3-5-6/h7-8,10-11H,5-6H2,1-4H3;2*1-5H,(H,8,9). The molecular weight excluding hydrogens is 372 g/mol. The Morgan fingerprint density at radius 2 is 1.10 bits per heavy atom. The molecule has 0 aliphatic rings. The van der Waals surface area contributed by atoms with Crippen LogP contribution in [0.1, 0.15) is 61.3 Å². The first kappa shape index (κ1) is 26.3. The summed E-state index contributed by atoms with van der Waals surface area (Å²) in [4.78, 5) is 20.4. The van der Waals surface area contributed by atoms with E-state index in [1.54, 1.807) is 74.5 Å². The molecule has 0 radical (unpaired) electrons. The predicted molar refractivity (Wildman–Crippen MR) is 113 cm³/mol. The number of aliphatic hydroxyl groups is 2. The van der Waals surface area contributed by atoms with E-state index in [2.05, 4.69) is 0 Å². The Hall–Kier alpha value is -2.70. The van der Waals surface area contributed by atoms with Gasteiger partial charge in [0, 0.05) is 0 Å². The minimum absolute atomic E-state index is 0.218. The summed E-state index contributed by atoms with van der Waals surface area (Å²) in [5, 5.41) is 35.8. The van der Waals surface area contributed by atoms with Crippen molar-refractivity contribution in [1.82, 2.24) is 0 Å². The van der Waals surface area contributed by atoms with Gasteiger partial charge in [0.1, 0.15) is 0 Å². The Morgan fingerprint density at radius 1 is 0.793 bits per heavy atom. The quantitative estimate of drug-likeness (QED) is 0.570. The molecule has 0 heterocycles. The van der Waals surface area contributed by atoms with Gasteiger partial charge in [-0.2, -0.15) is 0 Å². The van der Waals surface area contributed by atoms with Gasteiger partial charge in [-0.25, -0.2) is 9.59 Å². The maximum Gasteiger partial charge on any atom is 0.335 e. The SMILES string of the molecule is CCC(CC)C(O)C(C)(C)O.O=C(O)c1ccccc1.O=C(O)c1ccccc1. The van der Waals surface area contributed by atoms with Gasteiger partial charge in [-0.15, -0.1) is 0 Å². The van der Waals surface area contributed by atoms with Gasteiger partial charge in [0.05, 0.1) is 22.8 Å². The summed E-state index contributed by atoms with van der Waals surface area (Å²) >= 11 is 0. The summed E-state index contributed by atoms with van der Waals surface area (Å²) in [5.41, 5.74) is -0.300. The lowest BCUT2D eigenvalue weighted by atomic mass is 9.86. The van der Waals surface area contributed by atoms with Crippen molar-refractivity contribution in [3.05, 3.63) is 71.8 Å². The van der Waals surface area contributed by atoms with Crippen LogP contribution in [0.3, 0.4) is 0 Å². The highest BCUT2D eigenvalue weighted by Crippen LogP contribution is 2.22. The zero-order valence-electron chi connectivity index (χ0n) is 17.4. The summed E-state index contributed by atoms with van der Waals surface area (Å²) in [6, 6.07) is 16.6. The molecular formula is C23H32O6. The fourth-order valence-electron chi connectivity index (χ4n) is 2.47. The molecule has 2 rings (SSSR count). The zero-order chi connectivity index (χ0) is 22.4. The summed E-state index contributed by atoms with van der Waals surface area (Å²) in [7, 11) is 0. The van der Waals surface area contributed by atoms with Gasteiger partial charge in [-0.1, -0.05) is 63.1 Å². The van der Waals surface area contributed by atoms with Crippen LogP contribution >= 0.6 is 0 Å². The van der Waals surface area contributed by atoms with Crippen LogP contribution in [0.4, 0.5) is 0 Å². The molecule has 0 amide bonds. The number of carbonyl (C=O) groups is 2. The second-order valence-electron chi connectivity index (χ2n) is 7.02. The fourth-order valence-corrected chi connectivity index (χ4v) is 2.47. The molecule has 1 atom stereocenters. The number of carboxylic acids is 2. The van der Waals surface area contributed by atoms with E-state index >= 15 is 0 Å². The molecule has 6 heteroatoms. The molecule has 160 valence electrons. The van der Waals surface area contributed by atoms with Crippen molar-refractivity contribution in [3.8, 4) is 0 Å². The van der Waals surface area contributed by atoms with E-state index in [1.165, 1.54) is 0 Å². The first-order valence-electron chi connectivity index (χ1n) is 9.51. The van der Waals surface area contributed by atoms with Crippen LogP contribution in [0.25, 0.3) is 0 Å². The average molecular weight is 405 g/mol. The lowest BCUT2D eigenvalue weighted by Gasteiger charge is -2.30. The third kappa shape index (κ3) is 11.0. The Morgan fingerprint density at radius 3 is 1.24 bits per heavy atom. The predicted octanol–water partition coefficient (Wildman–Crippen LogP) is 4.32. The first-order valence-corrected chi connectivity index (χ1v) is 9.51. The number of hydrogen-bond donors (Lipinski definition) is 4. The minimum Gasteiger partial charge on any atom is -0.478 e. The number of aliphatic hydroxyl groups excluding tert-OH is 1. The molecule has 2 aromatic carbocycles. The molecule has 0 aromatic heterocycles. The van der Waals surface area contributed by atoms with Crippen molar-refractivity contribution >= 4 is 11.9 Å². The second kappa shape index (κ2) is 13.5. The topological polar surface area (TPSA) is 115 Å². The first-order chi connectivity index (χ1) is 13.5. The van der Waals surface area contributed by atoms with E-state index in [9.17, 15) is 19.8 Å². The monoisotopic (exact) mass is 404 g/mol. The van der Waals surface area contributed by atoms with E-state index < -0.39 is 23.6 Å². The highest BCUT2D eigenvalue weighted by molar-refractivity contribution is 5.87. The molecule has 0 saturated heterocycles. The van der Waals surface area contributed by atoms with Crippen LogP contribution in [-0.2, 0) is 0 Å². The number of aromatic carboxylic acids is 2. The van der Waals surface area contributed by atoms with Gasteiger partial charge in [0.2, 0.25) is 0 Å². The Kier molecular flexibility index (Phi) is 12.2. The van der Waals surface area contributed by atoms with Gasteiger partial charge in [0.15, 0.2) is 0 Å². The maximum atomic E-state index is 10.2. The smallest absolute Gasteiger partial charge is 0.335 e. The van der Waals surface area contributed by atoms with Gasteiger partial charge >= 0.3 is 11.9 Å². The van der Waals surface area contributed by atoms with Crippen LogP contribution in [0.2, 0.25) is 0 Å². The van der Waals surface area contributed by atoms with Crippen molar-refractivity contribution in [3.63, 3.8) is 0 Å². The summed E-state index contributed by atoms with van der Waals surface area (Å²) in [6.45, 7) is 7.36. The molecule has 1 unspecified atom stereocenters. The minimum atomic E-state index is -0.962. The van der Waals surface area contributed by atoms with Crippen LogP contribution in [0.5, 0.6) is 0 Å². The largest absolute Gasteiger partial charge is 0.478 e. The van der Waals surface area contributed by atoms with Crippen LogP contribution < -0.4 is 0 Å². The third-order valence-electron chi connectivity index (χ3n) is 4.26. The summed E-state index contributed by atoms with van der Waals surface area (Å²) in [5.74, 6) is -1.54. The number of hydrogen-bond acceptors (Lipinski definition) is 4. The average Bonchev–Trinajstić information content (AvgIpc) is 2.70. The third-order valence-corrected chi connectivity index (χ3v) is 4.26. The number of rotatable bonds is 6. The molecule has 0 bridgehead atoms. The molecule has 6 nitrogen and oxygen atoms in total. The molecule has 0 spiro atoms. The highest BCUT2D eigenvalue weighted by Gasteiger charge is 2.29. The molecule has 0 fully saturated rings. The Bertz CT molecular complexity index is 654. The van der Waals surface area contributed by atoms with Crippen molar-refractivity contribution in [1.29, 1.82) is 0 Å². The van der Waals surface area contributed by atoms with E-state index in [1.807, 2.05) is 13.8 Å². The van der Waals surface area contributed by atoms with Crippen molar-refractivity contribution in [2.45, 2.75) is 52.2 Å². The van der Waals surface area contributed by atoms with Gasteiger partial charge in [-0.3, -0.25) is 0 Å². The maximum absolute atomic E-state index is 10.2. The van der Waals surface area contributed by atoms with Gasteiger partial charge < -0.3 is 20.4 Å². The van der Waals surface area contributed by atoms with Crippen molar-refractivity contribution in [2.75, 3.05) is 0 Å². The van der Waals surface area contributed by atoms with Gasteiger partial charge in [-0.05, 0) is 44.0 Å². The van der Waals surface area contributed by atoms with E-state index in [0.29, 0.717) is 11.1 Å². The van der Waals surface area contributed by atoms with Crippen LogP contribution in [0, 0.1) is 5.92 Å². The lowest BCUT2D eigenvalue weighted by molar-refractivity contribution is -0.0781. The van der Waals surface area contributed by atoms with Crippen molar-refractivity contribution in [2.24, 2.45) is 5.92 Å². The summed E-state index contributed by atoms with van der Waals surface area (Å²) < 4.78 is 0. The highest BCUT2D eigenvalue weighted by atomic mass is 16.4. The number of carboxylic acid groups (broad SMARTS) is 2. The lowest BCUT2D eigenvalue weighted by Crippen LogP contribution is -2.41. The Labute approximate surface area is 172 Å². The molecule has 4 N–H and O–H groups in total. The fraction of sp³-hybridized carbons (Fsp3) is 0.391. The van der Waals surface area contributed by atoms with Gasteiger partial charge in [0.25, 0.3) is 0 Å².